The number of carboxylic acid groups (broad SMARTS) is 1. The number of aromatic carboxylic acids is 1. The molecular weight excluding hydrogens is 196 g/mol. The zero-order valence-electron chi connectivity index (χ0n) is 7.95. The van der Waals surface area contributed by atoms with Crippen LogP contribution >= 0.6 is 0 Å². The summed E-state index contributed by atoms with van der Waals surface area (Å²) in [6.07, 6.45) is 6.05. The van der Waals surface area contributed by atoms with Crippen LogP contribution in [0.15, 0.2) is 24.8 Å². The number of rotatable bonds is 2. The third kappa shape index (κ3) is 1.69. The molecule has 0 saturated carbocycles. The van der Waals surface area contributed by atoms with E-state index in [1.54, 1.807) is 24.1 Å². The summed E-state index contributed by atoms with van der Waals surface area (Å²) in [5.41, 5.74) is 0.909. The van der Waals surface area contributed by atoms with Crippen molar-refractivity contribution < 1.29 is 9.90 Å². The maximum Gasteiger partial charge on any atom is 0.356 e. The SMILES string of the molecule is Cn1cc(-c2nccnc2C(=O)O)cn1. The summed E-state index contributed by atoms with van der Waals surface area (Å²) in [6.45, 7) is 0. The molecule has 76 valence electrons. The monoisotopic (exact) mass is 204 g/mol. The van der Waals surface area contributed by atoms with Crippen molar-refractivity contribution in [2.45, 2.75) is 0 Å². The molecule has 0 aromatic carbocycles. The van der Waals surface area contributed by atoms with Gasteiger partial charge in [0.25, 0.3) is 0 Å². The van der Waals surface area contributed by atoms with Crippen molar-refractivity contribution in [3.05, 3.63) is 30.5 Å². The molecule has 2 aromatic rings. The molecule has 0 aliphatic heterocycles. The van der Waals surface area contributed by atoms with Gasteiger partial charge in [-0.05, 0) is 0 Å². The molecule has 15 heavy (non-hydrogen) atoms. The van der Waals surface area contributed by atoms with E-state index in [-0.39, 0.29) is 5.69 Å². The molecule has 0 spiro atoms. The molecule has 0 amide bonds. The normalized spacial score (nSPS) is 10.2. The van der Waals surface area contributed by atoms with E-state index >= 15 is 0 Å². The highest BCUT2D eigenvalue weighted by atomic mass is 16.4. The molecule has 2 aromatic heterocycles. The van der Waals surface area contributed by atoms with Crippen LogP contribution in [0.1, 0.15) is 10.5 Å². The van der Waals surface area contributed by atoms with Gasteiger partial charge in [0.15, 0.2) is 5.69 Å². The lowest BCUT2D eigenvalue weighted by Crippen LogP contribution is -2.04. The molecule has 0 fully saturated rings. The standard InChI is InChI=1S/C9H8N4O2/c1-13-5-6(4-12-13)7-8(9(14)15)11-3-2-10-7/h2-5H,1H3,(H,14,15). The van der Waals surface area contributed by atoms with Gasteiger partial charge in [0.05, 0.1) is 6.20 Å². The van der Waals surface area contributed by atoms with Crippen LogP contribution in [0, 0.1) is 0 Å². The van der Waals surface area contributed by atoms with Crippen molar-refractivity contribution in [3.63, 3.8) is 0 Å². The molecule has 6 nitrogen and oxygen atoms in total. The summed E-state index contributed by atoms with van der Waals surface area (Å²) in [5.74, 6) is -1.10. The fraction of sp³-hybridized carbons (Fsp3) is 0.111. The molecule has 0 atom stereocenters. The molecule has 0 radical (unpaired) electrons. The van der Waals surface area contributed by atoms with Gasteiger partial charge in [-0.25, -0.2) is 9.78 Å². The highest BCUT2D eigenvalue weighted by Gasteiger charge is 2.14. The average Bonchev–Trinajstić information content (AvgIpc) is 2.65. The van der Waals surface area contributed by atoms with Gasteiger partial charge in [-0.2, -0.15) is 5.10 Å². The number of hydrogen-bond acceptors (Lipinski definition) is 4. The van der Waals surface area contributed by atoms with Crippen LogP contribution in [0.25, 0.3) is 11.3 Å². The Bertz CT molecular complexity index is 506. The summed E-state index contributed by atoms with van der Waals surface area (Å²) >= 11 is 0. The number of aromatic nitrogens is 4. The third-order valence-electron chi connectivity index (χ3n) is 1.88. The van der Waals surface area contributed by atoms with Crippen molar-refractivity contribution >= 4 is 5.97 Å². The molecular formula is C9H8N4O2. The summed E-state index contributed by atoms with van der Waals surface area (Å²) in [4.78, 5) is 18.6. The maximum absolute atomic E-state index is 10.9. The van der Waals surface area contributed by atoms with E-state index in [0.29, 0.717) is 11.3 Å². The Labute approximate surface area is 85.2 Å². The van der Waals surface area contributed by atoms with Gasteiger partial charge < -0.3 is 5.11 Å². The predicted molar refractivity (Wildman–Crippen MR) is 51.2 cm³/mol. The van der Waals surface area contributed by atoms with Gasteiger partial charge >= 0.3 is 5.97 Å². The van der Waals surface area contributed by atoms with E-state index in [1.807, 2.05) is 0 Å². The first kappa shape index (κ1) is 9.32. The zero-order chi connectivity index (χ0) is 10.8. The molecule has 0 aliphatic rings. The number of hydrogen-bond donors (Lipinski definition) is 1. The zero-order valence-corrected chi connectivity index (χ0v) is 7.95. The first-order valence-electron chi connectivity index (χ1n) is 4.22. The van der Waals surface area contributed by atoms with Gasteiger partial charge in [0.2, 0.25) is 0 Å². The summed E-state index contributed by atoms with van der Waals surface area (Å²) in [5, 5.41) is 12.9. The van der Waals surface area contributed by atoms with Gasteiger partial charge in [-0.15, -0.1) is 0 Å². The Kier molecular flexibility index (Phi) is 2.17. The largest absolute Gasteiger partial charge is 0.476 e. The van der Waals surface area contributed by atoms with E-state index in [0.717, 1.165) is 0 Å². The summed E-state index contributed by atoms with van der Waals surface area (Å²) in [7, 11) is 1.75. The highest BCUT2D eigenvalue weighted by molar-refractivity contribution is 5.92. The van der Waals surface area contributed by atoms with E-state index in [1.165, 1.54) is 12.4 Å². The summed E-state index contributed by atoms with van der Waals surface area (Å²) < 4.78 is 1.58. The van der Waals surface area contributed by atoms with E-state index in [2.05, 4.69) is 15.1 Å². The first-order chi connectivity index (χ1) is 7.18. The quantitative estimate of drug-likeness (QED) is 0.773. The van der Waals surface area contributed by atoms with Crippen LogP contribution in [0.4, 0.5) is 0 Å². The number of aryl methyl sites for hydroxylation is 1. The Hall–Kier alpha value is -2.24. The minimum atomic E-state index is -1.10. The molecule has 6 heteroatoms. The average molecular weight is 204 g/mol. The maximum atomic E-state index is 10.9. The van der Waals surface area contributed by atoms with Gasteiger partial charge in [0, 0.05) is 31.2 Å². The lowest BCUT2D eigenvalue weighted by Gasteiger charge is -1.99. The lowest BCUT2D eigenvalue weighted by atomic mass is 10.2. The van der Waals surface area contributed by atoms with Crippen molar-refractivity contribution in [2.24, 2.45) is 7.05 Å². The van der Waals surface area contributed by atoms with Gasteiger partial charge in [-0.1, -0.05) is 0 Å². The van der Waals surface area contributed by atoms with Crippen molar-refractivity contribution in [1.29, 1.82) is 0 Å². The Morgan fingerprint density at radius 2 is 2.13 bits per heavy atom. The molecule has 0 bridgehead atoms. The molecule has 2 heterocycles. The Balaban J connectivity index is 2.57. The number of nitrogens with zero attached hydrogens (tertiary/aromatic N) is 4. The van der Waals surface area contributed by atoms with E-state index < -0.39 is 5.97 Å². The number of carbonyl (C=O) groups is 1. The molecule has 1 N–H and O–H groups in total. The van der Waals surface area contributed by atoms with Crippen molar-refractivity contribution in [2.75, 3.05) is 0 Å². The van der Waals surface area contributed by atoms with Gasteiger partial charge in [-0.3, -0.25) is 9.67 Å². The van der Waals surface area contributed by atoms with Crippen molar-refractivity contribution in [1.82, 2.24) is 19.7 Å². The molecule has 0 unspecified atom stereocenters. The first-order valence-corrected chi connectivity index (χ1v) is 4.22. The minimum absolute atomic E-state index is 0.0644. The second-order valence-electron chi connectivity index (χ2n) is 2.96. The van der Waals surface area contributed by atoms with E-state index in [9.17, 15) is 4.79 Å². The Morgan fingerprint density at radius 3 is 2.73 bits per heavy atom. The van der Waals surface area contributed by atoms with E-state index in [4.69, 9.17) is 5.11 Å². The van der Waals surface area contributed by atoms with Crippen LogP contribution in [-0.4, -0.2) is 30.8 Å². The lowest BCUT2D eigenvalue weighted by molar-refractivity contribution is 0.0691. The third-order valence-corrected chi connectivity index (χ3v) is 1.88. The Morgan fingerprint density at radius 1 is 1.40 bits per heavy atom. The minimum Gasteiger partial charge on any atom is -0.476 e. The smallest absolute Gasteiger partial charge is 0.356 e. The molecule has 2 rings (SSSR count). The fourth-order valence-electron chi connectivity index (χ4n) is 1.25. The van der Waals surface area contributed by atoms with Crippen LogP contribution in [-0.2, 0) is 7.05 Å². The van der Waals surface area contributed by atoms with Crippen LogP contribution in [0.3, 0.4) is 0 Å². The topological polar surface area (TPSA) is 80.9 Å². The second kappa shape index (κ2) is 3.49. The summed E-state index contributed by atoms with van der Waals surface area (Å²) in [6, 6.07) is 0. The molecule has 0 saturated heterocycles. The van der Waals surface area contributed by atoms with Crippen molar-refractivity contribution in [3.8, 4) is 11.3 Å². The fourth-order valence-corrected chi connectivity index (χ4v) is 1.25. The highest BCUT2D eigenvalue weighted by Crippen LogP contribution is 2.18. The van der Waals surface area contributed by atoms with Crippen LogP contribution in [0.5, 0.6) is 0 Å². The second-order valence-corrected chi connectivity index (χ2v) is 2.96. The number of carboxylic acids is 1. The van der Waals surface area contributed by atoms with Crippen LogP contribution in [0.2, 0.25) is 0 Å². The molecule has 0 aliphatic carbocycles. The predicted octanol–water partition coefficient (Wildman–Crippen LogP) is 0.575. The van der Waals surface area contributed by atoms with Crippen LogP contribution < -0.4 is 0 Å². The van der Waals surface area contributed by atoms with Gasteiger partial charge in [0.1, 0.15) is 5.69 Å².